The number of allylic oxidation sites excluding steroid dienone is 1. The van der Waals surface area contributed by atoms with Gasteiger partial charge in [-0.2, -0.15) is 5.10 Å². The lowest BCUT2D eigenvalue weighted by Crippen LogP contribution is -2.37. The molecule has 1 aliphatic carbocycles. The Hall–Kier alpha value is -3.20. The molecular formula is C24H32N4O5. The number of hydrogen-bond acceptors (Lipinski definition) is 7. The van der Waals surface area contributed by atoms with Gasteiger partial charge in [-0.25, -0.2) is 9.67 Å². The number of fused-ring (bicyclic) bond motifs is 1. The third kappa shape index (κ3) is 5.98. The Morgan fingerprint density at radius 3 is 2.73 bits per heavy atom. The first-order chi connectivity index (χ1) is 16.0. The van der Waals surface area contributed by atoms with Crippen LogP contribution in [0, 0.1) is 23.7 Å². The van der Waals surface area contributed by atoms with Crippen molar-refractivity contribution in [2.45, 2.75) is 26.9 Å². The molecule has 4 rings (SSSR count). The Labute approximate surface area is 194 Å². The molecular weight excluding hydrogens is 424 g/mol. The van der Waals surface area contributed by atoms with Gasteiger partial charge in [-0.3, -0.25) is 14.5 Å². The van der Waals surface area contributed by atoms with Crippen LogP contribution in [0.2, 0.25) is 0 Å². The monoisotopic (exact) mass is 456 g/mol. The zero-order valence-electron chi connectivity index (χ0n) is 19.3. The molecule has 0 spiro atoms. The molecule has 1 N–H and O–H groups in total. The Kier molecular flexibility index (Phi) is 8.59. The molecule has 0 radical (unpaired) electrons. The molecule has 1 aromatic heterocycles. The molecule has 0 saturated carbocycles. The fourth-order valence-electron chi connectivity index (χ4n) is 4.91. The molecule has 33 heavy (non-hydrogen) atoms. The Morgan fingerprint density at radius 2 is 2.06 bits per heavy atom. The van der Waals surface area contributed by atoms with Gasteiger partial charge in [0.05, 0.1) is 26.2 Å². The summed E-state index contributed by atoms with van der Waals surface area (Å²) in [6, 6.07) is 6.32. The lowest BCUT2D eigenvalue weighted by atomic mass is 9.72. The number of carbonyl (C=O) groups excluding carboxylic acids is 1. The van der Waals surface area contributed by atoms with E-state index in [9.17, 15) is 4.79 Å². The fourth-order valence-corrected chi connectivity index (χ4v) is 4.91. The normalized spacial score (nSPS) is 23.8. The van der Waals surface area contributed by atoms with E-state index >= 15 is 0 Å². The molecule has 1 aromatic carbocycles. The highest BCUT2D eigenvalue weighted by atomic mass is 16.5. The largest absolute Gasteiger partial charge is 0.496 e. The fraction of sp³-hybridized carbons (Fsp3) is 0.500. The summed E-state index contributed by atoms with van der Waals surface area (Å²) in [5.74, 6) is 1.69. The van der Waals surface area contributed by atoms with E-state index in [4.69, 9.17) is 19.4 Å². The van der Waals surface area contributed by atoms with Gasteiger partial charge >= 0.3 is 5.97 Å². The first-order valence-electron chi connectivity index (χ1n) is 11.1. The van der Waals surface area contributed by atoms with Crippen LogP contribution in [0.1, 0.15) is 25.0 Å². The van der Waals surface area contributed by atoms with Crippen LogP contribution in [0.3, 0.4) is 0 Å². The van der Waals surface area contributed by atoms with Crippen LogP contribution in [0.4, 0.5) is 0 Å². The minimum absolute atomic E-state index is 0.0502. The summed E-state index contributed by atoms with van der Waals surface area (Å²) < 4.78 is 12.7. The third-order valence-corrected chi connectivity index (χ3v) is 6.29. The number of esters is 1. The van der Waals surface area contributed by atoms with Gasteiger partial charge in [0.15, 0.2) is 0 Å². The van der Waals surface area contributed by atoms with E-state index in [0.717, 1.165) is 30.9 Å². The quantitative estimate of drug-likeness (QED) is 0.385. The highest BCUT2D eigenvalue weighted by Gasteiger charge is 2.44. The summed E-state index contributed by atoms with van der Waals surface area (Å²) >= 11 is 0. The second kappa shape index (κ2) is 11.6. The highest BCUT2D eigenvalue weighted by Crippen LogP contribution is 2.40. The molecule has 0 amide bonds. The van der Waals surface area contributed by atoms with E-state index in [0.29, 0.717) is 25.0 Å². The number of rotatable bonds is 7. The smallest absolute Gasteiger partial charge is 0.309 e. The summed E-state index contributed by atoms with van der Waals surface area (Å²) in [5, 5.41) is 11.1. The van der Waals surface area contributed by atoms with E-state index < -0.39 is 0 Å². The van der Waals surface area contributed by atoms with Crippen LogP contribution >= 0.6 is 0 Å². The minimum Gasteiger partial charge on any atom is -0.496 e. The zero-order chi connectivity index (χ0) is 23.8. The molecule has 2 aromatic rings. The topological polar surface area (TPSA) is 107 Å². The maximum absolute atomic E-state index is 12.6. The van der Waals surface area contributed by atoms with Crippen molar-refractivity contribution in [1.82, 2.24) is 19.7 Å². The van der Waals surface area contributed by atoms with Gasteiger partial charge in [0, 0.05) is 25.2 Å². The van der Waals surface area contributed by atoms with Gasteiger partial charge < -0.3 is 14.6 Å². The summed E-state index contributed by atoms with van der Waals surface area (Å²) in [4.78, 5) is 27.4. The molecule has 178 valence electrons. The van der Waals surface area contributed by atoms with Crippen LogP contribution in [0.15, 0.2) is 43.0 Å². The van der Waals surface area contributed by atoms with Crippen LogP contribution in [0.25, 0.3) is 0 Å². The van der Waals surface area contributed by atoms with Crippen molar-refractivity contribution in [3.05, 3.63) is 54.1 Å². The van der Waals surface area contributed by atoms with E-state index in [1.165, 1.54) is 11.9 Å². The highest BCUT2D eigenvalue weighted by molar-refractivity contribution is 5.74. The molecule has 2 heterocycles. The number of carboxylic acid groups (broad SMARTS) is 1. The first-order valence-corrected chi connectivity index (χ1v) is 11.1. The summed E-state index contributed by atoms with van der Waals surface area (Å²) in [5.41, 5.74) is 2.31. The molecule has 4 atom stereocenters. The second-order valence-electron chi connectivity index (χ2n) is 8.39. The lowest BCUT2D eigenvalue weighted by Gasteiger charge is -2.32. The van der Waals surface area contributed by atoms with Crippen molar-refractivity contribution in [2.24, 2.45) is 23.7 Å². The number of benzene rings is 1. The summed E-state index contributed by atoms with van der Waals surface area (Å²) in [6.45, 7) is 7.53. The van der Waals surface area contributed by atoms with Gasteiger partial charge in [-0.05, 0) is 42.4 Å². The van der Waals surface area contributed by atoms with Crippen LogP contribution in [-0.2, 0) is 27.4 Å². The number of methoxy groups -OCH3 is 1. The number of ether oxygens (including phenoxy) is 2. The van der Waals surface area contributed by atoms with E-state index in [1.807, 2.05) is 13.0 Å². The summed E-state index contributed by atoms with van der Waals surface area (Å²) in [7, 11) is 1.69. The first kappa shape index (κ1) is 24.4. The lowest BCUT2D eigenvalue weighted by molar-refractivity contribution is -0.152. The number of hydrogen-bond donors (Lipinski definition) is 1. The van der Waals surface area contributed by atoms with Crippen molar-refractivity contribution < 1.29 is 24.2 Å². The maximum Gasteiger partial charge on any atom is 0.309 e. The molecule has 0 bridgehead atoms. The SMILES string of the molecule is CCOC(=O)[C@H]1[C@@H]2CN(Cc3ccc(OC)c(Cn4cncn4)c3)C[C@@H]2C=C[C@@H]1C.O=CO. The van der Waals surface area contributed by atoms with Crippen molar-refractivity contribution in [3.8, 4) is 5.75 Å². The molecule has 2 aliphatic rings. The second-order valence-corrected chi connectivity index (χ2v) is 8.39. The van der Waals surface area contributed by atoms with Gasteiger partial charge in [0.1, 0.15) is 18.4 Å². The van der Waals surface area contributed by atoms with Crippen LogP contribution in [-0.4, -0.2) is 64.0 Å². The Bertz CT molecular complexity index is 946. The van der Waals surface area contributed by atoms with Crippen molar-refractivity contribution in [1.29, 1.82) is 0 Å². The van der Waals surface area contributed by atoms with E-state index in [-0.39, 0.29) is 24.3 Å². The standard InChI is InChI=1S/C23H30N4O3.CH2O2/c1-4-30-23(28)22-16(2)5-7-18-11-26(13-20(18)22)10-17-6-8-21(29-3)19(9-17)12-27-15-24-14-25-27;2-1-3/h5-9,14-16,18,20,22H,4,10-13H2,1-3H3;1H,(H,2,3)/t16-,18-,20+,22+;/m0./s1. The van der Waals surface area contributed by atoms with Crippen molar-refractivity contribution in [2.75, 3.05) is 26.8 Å². The van der Waals surface area contributed by atoms with Gasteiger partial charge in [-0.15, -0.1) is 0 Å². The summed E-state index contributed by atoms with van der Waals surface area (Å²) in [6.07, 6.45) is 7.74. The van der Waals surface area contributed by atoms with Crippen molar-refractivity contribution in [3.63, 3.8) is 0 Å². The van der Waals surface area contributed by atoms with E-state index in [1.54, 1.807) is 18.1 Å². The number of aromatic nitrogens is 3. The third-order valence-electron chi connectivity index (χ3n) is 6.29. The predicted octanol–water partition coefficient (Wildman–Crippen LogP) is 2.47. The van der Waals surface area contributed by atoms with E-state index in [2.05, 4.69) is 46.2 Å². The molecule has 9 heteroatoms. The van der Waals surface area contributed by atoms with Gasteiger partial charge in [0.2, 0.25) is 0 Å². The average molecular weight is 457 g/mol. The number of likely N-dealkylation sites (tertiary alicyclic amines) is 1. The average Bonchev–Trinajstić information content (AvgIpc) is 3.44. The molecule has 1 fully saturated rings. The van der Waals surface area contributed by atoms with Gasteiger partial charge in [-0.1, -0.05) is 25.1 Å². The Morgan fingerprint density at radius 1 is 1.27 bits per heavy atom. The minimum atomic E-state index is -0.250. The van der Waals surface area contributed by atoms with Crippen LogP contribution in [0.5, 0.6) is 5.75 Å². The van der Waals surface area contributed by atoms with Crippen LogP contribution < -0.4 is 4.74 Å². The zero-order valence-corrected chi connectivity index (χ0v) is 19.3. The molecule has 1 saturated heterocycles. The maximum atomic E-state index is 12.6. The molecule has 9 nitrogen and oxygen atoms in total. The Balaban J connectivity index is 0.000000968. The van der Waals surface area contributed by atoms with Gasteiger partial charge in [0.25, 0.3) is 6.47 Å². The molecule has 1 aliphatic heterocycles. The molecule has 0 unspecified atom stereocenters. The number of carbonyl (C=O) groups is 2. The predicted molar refractivity (Wildman–Crippen MR) is 121 cm³/mol. The van der Waals surface area contributed by atoms with Crippen molar-refractivity contribution >= 4 is 12.4 Å². The number of nitrogens with zero attached hydrogens (tertiary/aromatic N) is 4.